The minimum atomic E-state index is -0.363. The van der Waals surface area contributed by atoms with Crippen molar-refractivity contribution in [2.75, 3.05) is 20.8 Å². The third-order valence-electron chi connectivity index (χ3n) is 3.36. The normalized spacial score (nSPS) is 10.3. The lowest BCUT2D eigenvalue weighted by molar-refractivity contribution is 0.0954. The number of benzene rings is 2. The number of hydrogen-bond acceptors (Lipinski definition) is 6. The first-order valence-electron chi connectivity index (χ1n) is 7.54. The van der Waals surface area contributed by atoms with E-state index < -0.39 is 0 Å². The standard InChI is InChI=1S/C18H15BrIN3O4/c1-25-15-7-11(3-4-14(15)20)18(24)23-22-10-12-8-16(26-2)17(9-13(12)19)27-6-5-21/h3-4,7-10H,6H2,1-2H3,(H,23,24)/b22-10-. The summed E-state index contributed by atoms with van der Waals surface area (Å²) in [6, 6.07) is 10.4. The van der Waals surface area contributed by atoms with Gasteiger partial charge in [-0.3, -0.25) is 4.79 Å². The summed E-state index contributed by atoms with van der Waals surface area (Å²) in [5, 5.41) is 12.6. The first-order chi connectivity index (χ1) is 13.0. The van der Waals surface area contributed by atoms with Crippen LogP contribution < -0.4 is 19.6 Å². The molecule has 0 saturated heterocycles. The number of carbonyl (C=O) groups is 1. The first kappa shape index (κ1) is 21.0. The largest absolute Gasteiger partial charge is 0.496 e. The number of rotatable bonds is 7. The summed E-state index contributed by atoms with van der Waals surface area (Å²) in [5.74, 6) is 1.13. The molecule has 0 aliphatic rings. The molecule has 2 rings (SSSR count). The fourth-order valence-corrected chi connectivity index (χ4v) is 3.04. The summed E-state index contributed by atoms with van der Waals surface area (Å²) >= 11 is 5.53. The molecule has 0 heterocycles. The molecule has 140 valence electrons. The predicted octanol–water partition coefficient (Wildman–Crippen LogP) is 3.74. The molecule has 0 aliphatic carbocycles. The lowest BCUT2D eigenvalue weighted by Gasteiger charge is -2.10. The van der Waals surface area contributed by atoms with Gasteiger partial charge in [0, 0.05) is 15.6 Å². The quantitative estimate of drug-likeness (QED) is 0.326. The second kappa shape index (κ2) is 10.1. The highest BCUT2D eigenvalue weighted by Gasteiger charge is 2.11. The molecule has 0 unspecified atom stereocenters. The Hall–Kier alpha value is -2.32. The highest BCUT2D eigenvalue weighted by Crippen LogP contribution is 2.32. The third kappa shape index (κ3) is 5.58. The van der Waals surface area contributed by atoms with Crippen molar-refractivity contribution in [1.29, 1.82) is 5.26 Å². The zero-order valence-corrected chi connectivity index (χ0v) is 18.2. The van der Waals surface area contributed by atoms with E-state index in [9.17, 15) is 4.79 Å². The minimum absolute atomic E-state index is 0.0915. The molecule has 0 saturated carbocycles. The smallest absolute Gasteiger partial charge is 0.271 e. The van der Waals surface area contributed by atoms with Crippen molar-refractivity contribution in [2.45, 2.75) is 0 Å². The number of nitriles is 1. The average molecular weight is 544 g/mol. The molecule has 0 spiro atoms. The first-order valence-corrected chi connectivity index (χ1v) is 9.41. The van der Waals surface area contributed by atoms with Crippen molar-refractivity contribution in [3.63, 3.8) is 0 Å². The molecule has 0 fully saturated rings. The van der Waals surface area contributed by atoms with E-state index in [1.54, 1.807) is 37.4 Å². The van der Waals surface area contributed by atoms with Gasteiger partial charge in [0.25, 0.3) is 5.91 Å². The van der Waals surface area contributed by atoms with Gasteiger partial charge in [-0.2, -0.15) is 10.4 Å². The van der Waals surface area contributed by atoms with Crippen LogP contribution in [0.4, 0.5) is 0 Å². The van der Waals surface area contributed by atoms with E-state index in [2.05, 4.69) is 49.0 Å². The molecule has 1 amide bonds. The van der Waals surface area contributed by atoms with Crippen LogP contribution in [0.1, 0.15) is 15.9 Å². The number of hydrogen-bond donors (Lipinski definition) is 1. The number of hydrazone groups is 1. The van der Waals surface area contributed by atoms with Crippen molar-refractivity contribution in [1.82, 2.24) is 5.43 Å². The highest BCUT2D eigenvalue weighted by molar-refractivity contribution is 14.1. The van der Waals surface area contributed by atoms with E-state index in [0.29, 0.717) is 32.8 Å². The fraction of sp³-hybridized carbons (Fsp3) is 0.167. The summed E-state index contributed by atoms with van der Waals surface area (Å²) in [6.07, 6.45) is 1.47. The van der Waals surface area contributed by atoms with E-state index in [0.717, 1.165) is 3.57 Å². The Labute approximate surface area is 178 Å². The summed E-state index contributed by atoms with van der Waals surface area (Å²) in [4.78, 5) is 12.2. The zero-order chi connectivity index (χ0) is 19.8. The monoisotopic (exact) mass is 543 g/mol. The molecule has 2 aromatic carbocycles. The maximum atomic E-state index is 12.2. The van der Waals surface area contributed by atoms with Gasteiger partial charge in [0.1, 0.15) is 11.8 Å². The van der Waals surface area contributed by atoms with Crippen LogP contribution in [0.5, 0.6) is 17.2 Å². The predicted molar refractivity (Wildman–Crippen MR) is 113 cm³/mol. The maximum absolute atomic E-state index is 12.2. The highest BCUT2D eigenvalue weighted by atomic mass is 127. The van der Waals surface area contributed by atoms with Crippen LogP contribution in [0.25, 0.3) is 0 Å². The molecule has 0 atom stereocenters. The topological polar surface area (TPSA) is 92.9 Å². The average Bonchev–Trinajstić information content (AvgIpc) is 2.67. The number of carbonyl (C=O) groups excluding carboxylic acids is 1. The van der Waals surface area contributed by atoms with Gasteiger partial charge in [0.15, 0.2) is 18.1 Å². The van der Waals surface area contributed by atoms with Crippen LogP contribution in [-0.4, -0.2) is 32.9 Å². The van der Waals surface area contributed by atoms with Crippen LogP contribution in [-0.2, 0) is 0 Å². The molecule has 0 aromatic heterocycles. The number of halogens is 2. The Kier molecular flexibility index (Phi) is 7.87. The van der Waals surface area contributed by atoms with Gasteiger partial charge in [-0.25, -0.2) is 5.43 Å². The molecule has 1 N–H and O–H groups in total. The molecule has 7 nitrogen and oxygen atoms in total. The summed E-state index contributed by atoms with van der Waals surface area (Å²) in [7, 11) is 3.04. The van der Waals surface area contributed by atoms with Gasteiger partial charge >= 0.3 is 0 Å². The van der Waals surface area contributed by atoms with Crippen LogP contribution in [0, 0.1) is 14.9 Å². The third-order valence-corrected chi connectivity index (χ3v) is 4.94. The summed E-state index contributed by atoms with van der Waals surface area (Å²) < 4.78 is 17.3. The van der Waals surface area contributed by atoms with Crippen molar-refractivity contribution < 1.29 is 19.0 Å². The number of amides is 1. The number of methoxy groups -OCH3 is 2. The molecule has 9 heteroatoms. The van der Waals surface area contributed by atoms with Crippen molar-refractivity contribution in [3.05, 3.63) is 49.5 Å². The number of nitrogens with one attached hydrogen (secondary N) is 1. The van der Waals surface area contributed by atoms with Gasteiger partial charge < -0.3 is 14.2 Å². The van der Waals surface area contributed by atoms with Crippen LogP contribution in [0.3, 0.4) is 0 Å². The Morgan fingerprint density at radius 3 is 2.67 bits per heavy atom. The fourth-order valence-electron chi connectivity index (χ4n) is 2.06. The molecule has 27 heavy (non-hydrogen) atoms. The second-order valence-electron chi connectivity index (χ2n) is 5.02. The van der Waals surface area contributed by atoms with Crippen molar-refractivity contribution in [3.8, 4) is 23.3 Å². The Morgan fingerprint density at radius 2 is 2.00 bits per heavy atom. The van der Waals surface area contributed by atoms with E-state index in [1.165, 1.54) is 13.3 Å². The number of ether oxygens (including phenoxy) is 3. The molecular weight excluding hydrogens is 529 g/mol. The molecule has 0 bridgehead atoms. The van der Waals surface area contributed by atoms with Gasteiger partial charge in [-0.15, -0.1) is 0 Å². The van der Waals surface area contributed by atoms with Gasteiger partial charge in [-0.05, 0) is 68.9 Å². The maximum Gasteiger partial charge on any atom is 0.271 e. The lowest BCUT2D eigenvalue weighted by atomic mass is 10.2. The van der Waals surface area contributed by atoms with Crippen molar-refractivity contribution in [2.24, 2.45) is 5.10 Å². The van der Waals surface area contributed by atoms with E-state index >= 15 is 0 Å². The summed E-state index contributed by atoms with van der Waals surface area (Å²) in [6.45, 7) is -0.0915. The number of nitrogens with zero attached hydrogens (tertiary/aromatic N) is 2. The SMILES string of the molecule is COc1cc(C(=O)N/N=C\c2cc(OC)c(OCC#N)cc2Br)ccc1I. The van der Waals surface area contributed by atoms with Crippen LogP contribution in [0.15, 0.2) is 39.9 Å². The van der Waals surface area contributed by atoms with E-state index in [1.807, 2.05) is 6.07 Å². The van der Waals surface area contributed by atoms with E-state index in [-0.39, 0.29) is 12.5 Å². The summed E-state index contributed by atoms with van der Waals surface area (Å²) in [5.41, 5.74) is 3.56. The molecule has 2 aromatic rings. The molecule has 0 aliphatic heterocycles. The Morgan fingerprint density at radius 1 is 1.26 bits per heavy atom. The van der Waals surface area contributed by atoms with Crippen molar-refractivity contribution >= 4 is 50.6 Å². The van der Waals surface area contributed by atoms with Gasteiger partial charge in [0.2, 0.25) is 0 Å². The second-order valence-corrected chi connectivity index (χ2v) is 7.04. The van der Waals surface area contributed by atoms with Gasteiger partial charge in [0.05, 0.1) is 24.0 Å². The lowest BCUT2D eigenvalue weighted by Crippen LogP contribution is -2.17. The zero-order valence-electron chi connectivity index (χ0n) is 14.5. The van der Waals surface area contributed by atoms with Crippen LogP contribution in [0.2, 0.25) is 0 Å². The van der Waals surface area contributed by atoms with Crippen LogP contribution >= 0.6 is 38.5 Å². The van der Waals surface area contributed by atoms with Gasteiger partial charge in [-0.1, -0.05) is 0 Å². The Bertz CT molecular complexity index is 912. The molecular formula is C18H15BrIN3O4. The Balaban J connectivity index is 2.13. The minimum Gasteiger partial charge on any atom is -0.496 e. The van der Waals surface area contributed by atoms with E-state index in [4.69, 9.17) is 19.5 Å². The molecule has 0 radical (unpaired) electrons.